The second kappa shape index (κ2) is 8.33. The number of methoxy groups -OCH3 is 2. The summed E-state index contributed by atoms with van der Waals surface area (Å²) in [7, 11) is 3.03. The third-order valence-electron chi connectivity index (χ3n) is 3.86. The summed E-state index contributed by atoms with van der Waals surface area (Å²) in [5.41, 5.74) is 2.00. The normalized spacial score (nSPS) is 11.5. The molecule has 0 radical (unpaired) electrons. The average molecular weight is 342 g/mol. The van der Waals surface area contributed by atoms with Crippen LogP contribution < -0.4 is 9.47 Å². The Hall–Kier alpha value is -2.82. The summed E-state index contributed by atoms with van der Waals surface area (Å²) in [5, 5.41) is 0. The van der Waals surface area contributed by atoms with Crippen LogP contribution in [0.4, 0.5) is 0 Å². The molecular weight excluding hydrogens is 320 g/mol. The standard InChI is InChI=1S/C20H22O5/c1-5-25-20(22)18(19(21)14-8-6-13(2)7-9-14)15-10-11-16(23-3)17(12-15)24-4/h6-12,18H,5H2,1-4H3. The summed E-state index contributed by atoms with van der Waals surface area (Å²) in [5.74, 6) is -0.976. The number of ether oxygens (including phenoxy) is 3. The summed E-state index contributed by atoms with van der Waals surface area (Å²) in [6, 6.07) is 12.1. The first-order valence-electron chi connectivity index (χ1n) is 8.01. The molecule has 0 heterocycles. The molecule has 1 atom stereocenters. The summed E-state index contributed by atoms with van der Waals surface area (Å²) in [6.07, 6.45) is 0. The van der Waals surface area contributed by atoms with E-state index in [1.807, 2.05) is 19.1 Å². The molecule has 0 N–H and O–H groups in total. The third kappa shape index (κ3) is 4.18. The SMILES string of the molecule is CCOC(=O)C(C(=O)c1ccc(C)cc1)c1ccc(OC)c(OC)c1. The second-order valence-corrected chi connectivity index (χ2v) is 5.53. The molecule has 2 aromatic carbocycles. The van der Waals surface area contributed by atoms with Gasteiger partial charge in [0.1, 0.15) is 5.92 Å². The first-order chi connectivity index (χ1) is 12.0. The average Bonchev–Trinajstić information content (AvgIpc) is 2.62. The van der Waals surface area contributed by atoms with Crippen molar-refractivity contribution in [1.82, 2.24) is 0 Å². The Labute approximate surface area is 147 Å². The van der Waals surface area contributed by atoms with Gasteiger partial charge >= 0.3 is 5.97 Å². The molecule has 0 aliphatic heterocycles. The van der Waals surface area contributed by atoms with Crippen LogP contribution in [0.5, 0.6) is 11.5 Å². The molecule has 0 aliphatic rings. The molecule has 5 heteroatoms. The monoisotopic (exact) mass is 342 g/mol. The summed E-state index contributed by atoms with van der Waals surface area (Å²) in [4.78, 5) is 25.4. The molecule has 0 saturated carbocycles. The predicted octanol–water partition coefficient (Wildman–Crippen LogP) is 3.54. The molecular formula is C20H22O5. The highest BCUT2D eigenvalue weighted by Crippen LogP contribution is 2.32. The van der Waals surface area contributed by atoms with Gasteiger partial charge in [0.25, 0.3) is 0 Å². The summed E-state index contributed by atoms with van der Waals surface area (Å²) >= 11 is 0. The van der Waals surface area contributed by atoms with Crippen molar-refractivity contribution in [3.63, 3.8) is 0 Å². The Morgan fingerprint density at radius 3 is 2.16 bits per heavy atom. The Balaban J connectivity index is 2.47. The number of Topliss-reactive ketones (excluding diaryl/α,β-unsaturated/α-hetero) is 1. The Morgan fingerprint density at radius 2 is 1.60 bits per heavy atom. The fraction of sp³-hybridized carbons (Fsp3) is 0.300. The van der Waals surface area contributed by atoms with Gasteiger partial charge in [0, 0.05) is 5.56 Å². The second-order valence-electron chi connectivity index (χ2n) is 5.53. The van der Waals surface area contributed by atoms with Gasteiger partial charge in [-0.05, 0) is 31.5 Å². The molecule has 5 nitrogen and oxygen atoms in total. The summed E-state index contributed by atoms with van der Waals surface area (Å²) in [6.45, 7) is 3.84. The van der Waals surface area contributed by atoms with Crippen LogP contribution in [0, 0.1) is 6.92 Å². The smallest absolute Gasteiger partial charge is 0.321 e. The molecule has 2 aromatic rings. The molecule has 25 heavy (non-hydrogen) atoms. The van der Waals surface area contributed by atoms with Crippen molar-refractivity contribution in [2.75, 3.05) is 20.8 Å². The molecule has 132 valence electrons. The number of esters is 1. The van der Waals surface area contributed by atoms with E-state index in [4.69, 9.17) is 14.2 Å². The Morgan fingerprint density at radius 1 is 0.960 bits per heavy atom. The van der Waals surface area contributed by atoms with E-state index in [1.165, 1.54) is 14.2 Å². The van der Waals surface area contributed by atoms with Gasteiger partial charge in [-0.3, -0.25) is 9.59 Å². The van der Waals surface area contributed by atoms with Crippen LogP contribution in [0.25, 0.3) is 0 Å². The maximum Gasteiger partial charge on any atom is 0.321 e. The van der Waals surface area contributed by atoms with Crippen LogP contribution in [0.2, 0.25) is 0 Å². The minimum Gasteiger partial charge on any atom is -0.493 e. The van der Waals surface area contributed by atoms with Gasteiger partial charge in [0.05, 0.1) is 20.8 Å². The molecule has 0 amide bonds. The van der Waals surface area contributed by atoms with Gasteiger partial charge in [-0.2, -0.15) is 0 Å². The van der Waals surface area contributed by atoms with Gasteiger partial charge in [-0.25, -0.2) is 0 Å². The van der Waals surface area contributed by atoms with Crippen molar-refractivity contribution in [3.8, 4) is 11.5 Å². The van der Waals surface area contributed by atoms with Crippen LogP contribution in [0.3, 0.4) is 0 Å². The minimum atomic E-state index is -1.05. The van der Waals surface area contributed by atoms with Gasteiger partial charge in [0.15, 0.2) is 17.3 Å². The number of benzene rings is 2. The lowest BCUT2D eigenvalue weighted by atomic mass is 9.90. The maximum absolute atomic E-state index is 13.0. The van der Waals surface area contributed by atoms with E-state index in [-0.39, 0.29) is 12.4 Å². The van der Waals surface area contributed by atoms with Crippen molar-refractivity contribution >= 4 is 11.8 Å². The molecule has 0 aromatic heterocycles. The number of aryl methyl sites for hydroxylation is 1. The van der Waals surface area contributed by atoms with Gasteiger partial charge in [-0.15, -0.1) is 0 Å². The highest BCUT2D eigenvalue weighted by Gasteiger charge is 2.31. The highest BCUT2D eigenvalue weighted by molar-refractivity contribution is 6.13. The number of carbonyl (C=O) groups is 2. The fourth-order valence-corrected chi connectivity index (χ4v) is 2.54. The largest absolute Gasteiger partial charge is 0.493 e. The molecule has 0 spiro atoms. The van der Waals surface area contributed by atoms with Crippen molar-refractivity contribution < 1.29 is 23.8 Å². The van der Waals surface area contributed by atoms with Crippen LogP contribution in [-0.4, -0.2) is 32.6 Å². The van der Waals surface area contributed by atoms with Crippen LogP contribution in [0.1, 0.15) is 34.3 Å². The number of hydrogen-bond acceptors (Lipinski definition) is 5. The number of ketones is 1. The van der Waals surface area contributed by atoms with Crippen molar-refractivity contribution in [2.24, 2.45) is 0 Å². The Bertz CT molecular complexity index is 749. The van der Waals surface area contributed by atoms with Crippen LogP contribution in [-0.2, 0) is 9.53 Å². The van der Waals surface area contributed by atoms with Crippen LogP contribution in [0.15, 0.2) is 42.5 Å². The van der Waals surface area contributed by atoms with Crippen molar-refractivity contribution in [1.29, 1.82) is 0 Å². The molecule has 1 unspecified atom stereocenters. The molecule has 0 saturated heterocycles. The molecule has 2 rings (SSSR count). The zero-order chi connectivity index (χ0) is 18.4. The molecule has 0 aliphatic carbocycles. The lowest BCUT2D eigenvalue weighted by Crippen LogP contribution is -2.24. The molecule has 0 fully saturated rings. The topological polar surface area (TPSA) is 61.8 Å². The van der Waals surface area contributed by atoms with E-state index in [0.717, 1.165) is 5.56 Å². The van der Waals surface area contributed by atoms with Crippen molar-refractivity contribution in [2.45, 2.75) is 19.8 Å². The van der Waals surface area contributed by atoms with E-state index in [0.29, 0.717) is 22.6 Å². The zero-order valence-corrected chi connectivity index (χ0v) is 14.9. The first kappa shape index (κ1) is 18.5. The van der Waals surface area contributed by atoms with Gasteiger partial charge < -0.3 is 14.2 Å². The van der Waals surface area contributed by atoms with Gasteiger partial charge in [0.2, 0.25) is 0 Å². The minimum absolute atomic E-state index is 0.198. The lowest BCUT2D eigenvalue weighted by Gasteiger charge is -2.17. The molecule has 0 bridgehead atoms. The van der Waals surface area contributed by atoms with E-state index in [1.54, 1.807) is 37.3 Å². The quantitative estimate of drug-likeness (QED) is 0.437. The van der Waals surface area contributed by atoms with Gasteiger partial charge in [-0.1, -0.05) is 35.9 Å². The van der Waals surface area contributed by atoms with Crippen molar-refractivity contribution in [3.05, 3.63) is 59.2 Å². The third-order valence-corrected chi connectivity index (χ3v) is 3.86. The number of rotatable bonds is 7. The predicted molar refractivity (Wildman–Crippen MR) is 94.4 cm³/mol. The number of carbonyl (C=O) groups excluding carboxylic acids is 2. The summed E-state index contributed by atoms with van der Waals surface area (Å²) < 4.78 is 15.6. The lowest BCUT2D eigenvalue weighted by molar-refractivity contribution is -0.143. The number of hydrogen-bond donors (Lipinski definition) is 0. The highest BCUT2D eigenvalue weighted by atomic mass is 16.5. The van der Waals surface area contributed by atoms with E-state index in [9.17, 15) is 9.59 Å². The Kier molecular flexibility index (Phi) is 6.17. The zero-order valence-electron chi connectivity index (χ0n) is 14.9. The van der Waals surface area contributed by atoms with E-state index >= 15 is 0 Å². The fourth-order valence-electron chi connectivity index (χ4n) is 2.54. The maximum atomic E-state index is 13.0. The first-order valence-corrected chi connectivity index (χ1v) is 8.01. The van der Waals surface area contributed by atoms with Crippen LogP contribution >= 0.6 is 0 Å². The van der Waals surface area contributed by atoms with E-state index in [2.05, 4.69) is 0 Å². The van der Waals surface area contributed by atoms with E-state index < -0.39 is 11.9 Å².